The van der Waals surface area contributed by atoms with Gasteiger partial charge in [-0.3, -0.25) is 5.32 Å². The van der Waals surface area contributed by atoms with Crippen LogP contribution in [0, 0.1) is 5.41 Å². The summed E-state index contributed by atoms with van der Waals surface area (Å²) in [6, 6.07) is 0. The summed E-state index contributed by atoms with van der Waals surface area (Å²) in [6.07, 6.45) is 2.41. The summed E-state index contributed by atoms with van der Waals surface area (Å²) < 4.78 is 0. The lowest BCUT2D eigenvalue weighted by atomic mass is 9.82. The molecule has 0 rings (SSSR count). The van der Waals surface area contributed by atoms with Crippen molar-refractivity contribution in [1.29, 1.82) is 0 Å². The quantitative estimate of drug-likeness (QED) is 0.503. The van der Waals surface area contributed by atoms with Gasteiger partial charge in [-0.15, -0.1) is 0 Å². The molecule has 0 aromatic carbocycles. The molecule has 0 aliphatic carbocycles. The normalized spacial score (nSPS) is 17.5. The number of nitrogens with one attached hydrogen (secondary N) is 1. The number of rotatable bonds is 4. The number of unbranched alkanes of at least 4 members (excludes halogenated alkanes) is 1. The Hall–Kier alpha value is -0.0800. The van der Waals surface area contributed by atoms with Crippen LogP contribution in [0.4, 0.5) is 0 Å². The smallest absolute Gasteiger partial charge is 0.0682 e. The molecule has 1 unspecified atom stereocenters. The van der Waals surface area contributed by atoms with Crippen LogP contribution in [0.1, 0.15) is 47.5 Å². The van der Waals surface area contributed by atoms with E-state index in [1.54, 1.807) is 0 Å². The van der Waals surface area contributed by atoms with Gasteiger partial charge in [0.15, 0.2) is 0 Å². The molecule has 0 aliphatic heterocycles. The van der Waals surface area contributed by atoms with Crippen molar-refractivity contribution >= 4 is 0 Å². The highest BCUT2D eigenvalue weighted by molar-refractivity contribution is 4.88. The summed E-state index contributed by atoms with van der Waals surface area (Å²) in [6.45, 7) is 11.7. The molecular weight excluding hydrogens is 148 g/mol. The topological polar surface area (TPSA) is 38.0 Å². The molecule has 0 radical (unpaired) electrons. The third kappa shape index (κ3) is 3.55. The molecule has 2 nitrogen and oxygen atoms in total. The highest BCUT2D eigenvalue weighted by Crippen LogP contribution is 2.24. The summed E-state index contributed by atoms with van der Waals surface area (Å²) >= 11 is 0. The molecule has 0 saturated heterocycles. The van der Waals surface area contributed by atoms with Gasteiger partial charge >= 0.3 is 0 Å². The number of hydrogen-bond donors (Lipinski definition) is 2. The van der Waals surface area contributed by atoms with Gasteiger partial charge in [-0.1, -0.05) is 34.1 Å². The second-order valence-corrected chi connectivity index (χ2v) is 4.73. The van der Waals surface area contributed by atoms with E-state index in [2.05, 4.69) is 39.9 Å². The zero-order chi connectivity index (χ0) is 9.83. The van der Waals surface area contributed by atoms with Crippen molar-refractivity contribution < 1.29 is 0 Å². The zero-order valence-electron chi connectivity index (χ0n) is 9.20. The zero-order valence-corrected chi connectivity index (χ0v) is 9.20. The standard InChI is InChI=1S/C10H24N2/c1-6-7-8-12-10(5,11)9(2,3)4/h12H,6-8,11H2,1-5H3. The number of nitrogens with two attached hydrogens (primary N) is 1. The van der Waals surface area contributed by atoms with Crippen LogP contribution in [0.25, 0.3) is 0 Å². The minimum atomic E-state index is -0.262. The monoisotopic (exact) mass is 172 g/mol. The van der Waals surface area contributed by atoms with Crippen molar-refractivity contribution in [3.63, 3.8) is 0 Å². The van der Waals surface area contributed by atoms with Gasteiger partial charge in [0.05, 0.1) is 5.66 Å². The van der Waals surface area contributed by atoms with Crippen molar-refractivity contribution in [3.05, 3.63) is 0 Å². The minimum Gasteiger partial charge on any atom is -0.313 e. The average Bonchev–Trinajstić information content (AvgIpc) is 1.85. The number of hydrogen-bond acceptors (Lipinski definition) is 2. The highest BCUT2D eigenvalue weighted by atomic mass is 15.1. The first kappa shape index (κ1) is 11.9. The van der Waals surface area contributed by atoms with E-state index in [4.69, 9.17) is 5.73 Å². The molecule has 2 heteroatoms. The van der Waals surface area contributed by atoms with Gasteiger partial charge < -0.3 is 5.73 Å². The van der Waals surface area contributed by atoms with Gasteiger partial charge in [0.25, 0.3) is 0 Å². The highest BCUT2D eigenvalue weighted by Gasteiger charge is 2.32. The molecule has 0 bridgehead atoms. The molecule has 0 saturated carbocycles. The molecule has 0 aliphatic rings. The summed E-state index contributed by atoms with van der Waals surface area (Å²) in [5.74, 6) is 0. The Morgan fingerprint density at radius 3 is 2.00 bits per heavy atom. The Balaban J connectivity index is 3.88. The van der Waals surface area contributed by atoms with Crippen molar-refractivity contribution in [1.82, 2.24) is 5.32 Å². The largest absolute Gasteiger partial charge is 0.313 e. The molecule has 0 aromatic rings. The van der Waals surface area contributed by atoms with Crippen molar-refractivity contribution in [2.45, 2.75) is 53.1 Å². The molecule has 12 heavy (non-hydrogen) atoms. The van der Waals surface area contributed by atoms with Crippen LogP contribution < -0.4 is 11.1 Å². The second-order valence-electron chi connectivity index (χ2n) is 4.73. The molecule has 0 spiro atoms. The van der Waals surface area contributed by atoms with Crippen molar-refractivity contribution in [3.8, 4) is 0 Å². The molecule has 1 atom stereocenters. The first-order valence-corrected chi connectivity index (χ1v) is 4.85. The average molecular weight is 172 g/mol. The van der Waals surface area contributed by atoms with E-state index in [9.17, 15) is 0 Å². The van der Waals surface area contributed by atoms with Crippen LogP contribution in [0.15, 0.2) is 0 Å². The maximum Gasteiger partial charge on any atom is 0.0682 e. The first-order chi connectivity index (χ1) is 5.31. The van der Waals surface area contributed by atoms with E-state index in [-0.39, 0.29) is 11.1 Å². The summed E-state index contributed by atoms with van der Waals surface area (Å²) in [5, 5.41) is 3.38. The lowest BCUT2D eigenvalue weighted by Crippen LogP contribution is -2.59. The molecule has 0 aromatic heterocycles. The van der Waals surface area contributed by atoms with Gasteiger partial charge in [0, 0.05) is 0 Å². The fourth-order valence-electron chi connectivity index (χ4n) is 0.790. The Labute approximate surface area is 76.9 Å². The Morgan fingerprint density at radius 2 is 1.67 bits per heavy atom. The van der Waals surface area contributed by atoms with Gasteiger partial charge in [0.2, 0.25) is 0 Å². The van der Waals surface area contributed by atoms with Gasteiger partial charge in [-0.25, -0.2) is 0 Å². The van der Waals surface area contributed by atoms with E-state index in [0.29, 0.717) is 0 Å². The SMILES string of the molecule is CCCCNC(C)(N)C(C)(C)C. The van der Waals surface area contributed by atoms with Crippen LogP contribution in [-0.4, -0.2) is 12.2 Å². The van der Waals surface area contributed by atoms with Gasteiger partial charge in [-0.2, -0.15) is 0 Å². The molecule has 0 amide bonds. The first-order valence-electron chi connectivity index (χ1n) is 4.85. The molecule has 74 valence electrons. The van der Waals surface area contributed by atoms with Crippen molar-refractivity contribution in [2.24, 2.45) is 11.1 Å². The second kappa shape index (κ2) is 4.24. The van der Waals surface area contributed by atoms with E-state index < -0.39 is 0 Å². The molecule has 3 N–H and O–H groups in total. The van der Waals surface area contributed by atoms with E-state index in [1.165, 1.54) is 12.8 Å². The predicted molar refractivity (Wildman–Crippen MR) is 55.0 cm³/mol. The van der Waals surface area contributed by atoms with Gasteiger partial charge in [-0.05, 0) is 25.3 Å². The van der Waals surface area contributed by atoms with E-state index >= 15 is 0 Å². The lowest BCUT2D eigenvalue weighted by Gasteiger charge is -2.39. The summed E-state index contributed by atoms with van der Waals surface area (Å²) in [7, 11) is 0. The van der Waals surface area contributed by atoms with Crippen LogP contribution in [0.2, 0.25) is 0 Å². The Kier molecular flexibility index (Phi) is 4.21. The summed E-state index contributed by atoms with van der Waals surface area (Å²) in [4.78, 5) is 0. The van der Waals surface area contributed by atoms with Crippen molar-refractivity contribution in [2.75, 3.05) is 6.54 Å². The van der Waals surface area contributed by atoms with E-state index in [1.807, 2.05) is 0 Å². The maximum atomic E-state index is 6.12. The molecular formula is C10H24N2. The summed E-state index contributed by atoms with van der Waals surface area (Å²) in [5.41, 5.74) is 5.97. The third-order valence-corrected chi connectivity index (χ3v) is 2.58. The predicted octanol–water partition coefficient (Wildman–Crippen LogP) is 2.10. The Bertz CT molecular complexity index is 122. The Morgan fingerprint density at radius 1 is 1.17 bits per heavy atom. The third-order valence-electron chi connectivity index (χ3n) is 2.58. The minimum absolute atomic E-state index is 0.112. The fraction of sp³-hybridized carbons (Fsp3) is 1.00. The maximum absolute atomic E-state index is 6.12. The van der Waals surface area contributed by atoms with E-state index in [0.717, 1.165) is 6.54 Å². The molecule has 0 fully saturated rings. The van der Waals surface area contributed by atoms with Crippen LogP contribution in [-0.2, 0) is 0 Å². The lowest BCUT2D eigenvalue weighted by molar-refractivity contribution is 0.163. The fourth-order valence-corrected chi connectivity index (χ4v) is 0.790. The van der Waals surface area contributed by atoms with Gasteiger partial charge in [0.1, 0.15) is 0 Å². The van der Waals surface area contributed by atoms with Crippen LogP contribution in [0.5, 0.6) is 0 Å². The van der Waals surface area contributed by atoms with Crippen LogP contribution >= 0.6 is 0 Å². The molecule has 0 heterocycles. The van der Waals surface area contributed by atoms with Crippen LogP contribution in [0.3, 0.4) is 0 Å².